The van der Waals surface area contributed by atoms with Gasteiger partial charge in [0.1, 0.15) is 5.69 Å². The van der Waals surface area contributed by atoms with Crippen molar-refractivity contribution >= 4 is 24.0 Å². The highest BCUT2D eigenvalue weighted by Crippen LogP contribution is 2.14. The van der Waals surface area contributed by atoms with Gasteiger partial charge in [-0.1, -0.05) is 18.2 Å². The van der Waals surface area contributed by atoms with E-state index in [1.165, 1.54) is 4.68 Å². The van der Waals surface area contributed by atoms with Gasteiger partial charge >= 0.3 is 0 Å². The Bertz CT molecular complexity index is 692. The molecule has 0 saturated heterocycles. The van der Waals surface area contributed by atoms with Gasteiger partial charge in [0.25, 0.3) is 5.56 Å². The third-order valence-corrected chi connectivity index (χ3v) is 3.43. The number of hydrogen-bond acceptors (Lipinski definition) is 3. The second-order valence-electron chi connectivity index (χ2n) is 4.88. The number of carbonyl (C=O) groups excluding carboxylic acids is 1. The number of para-hydroxylation sites is 1. The first kappa shape index (κ1) is 18.0. The second-order valence-corrected chi connectivity index (χ2v) is 4.88. The van der Waals surface area contributed by atoms with E-state index in [-0.39, 0.29) is 23.9 Å². The third-order valence-electron chi connectivity index (χ3n) is 3.43. The maximum absolute atomic E-state index is 12.5. The molecule has 120 valence electrons. The van der Waals surface area contributed by atoms with Crippen molar-refractivity contribution in [2.24, 2.45) is 12.8 Å². The van der Waals surface area contributed by atoms with Crippen molar-refractivity contribution in [1.82, 2.24) is 9.36 Å². The van der Waals surface area contributed by atoms with Gasteiger partial charge in [-0.15, -0.1) is 12.4 Å². The molecule has 0 unspecified atom stereocenters. The van der Waals surface area contributed by atoms with Crippen LogP contribution in [0, 0.1) is 6.92 Å². The molecule has 6 nitrogen and oxygen atoms in total. The number of rotatable bonds is 5. The highest BCUT2D eigenvalue weighted by Gasteiger charge is 2.17. The Balaban J connectivity index is 0.00000242. The zero-order valence-corrected chi connectivity index (χ0v) is 13.5. The lowest BCUT2D eigenvalue weighted by molar-refractivity contribution is -0.116. The van der Waals surface area contributed by atoms with E-state index in [4.69, 9.17) is 5.73 Å². The fraction of sp³-hybridized carbons (Fsp3) is 0.333. The molecule has 1 aromatic carbocycles. The van der Waals surface area contributed by atoms with Crippen LogP contribution in [-0.2, 0) is 11.8 Å². The van der Waals surface area contributed by atoms with Crippen LogP contribution in [0.25, 0.3) is 5.69 Å². The van der Waals surface area contributed by atoms with E-state index in [1.54, 1.807) is 18.7 Å². The summed E-state index contributed by atoms with van der Waals surface area (Å²) in [6.45, 7) is 2.26. The standard InChI is InChI=1S/C15H20N4O2.ClH/c1-11-14(17-13(20)9-6-10-16)15(21)19(18(11)2)12-7-4-3-5-8-12;/h3-5,7-8H,6,9-10,16H2,1-2H3,(H,17,20);1H. The van der Waals surface area contributed by atoms with Crippen LogP contribution in [0.5, 0.6) is 0 Å². The molecule has 3 N–H and O–H groups in total. The first-order chi connectivity index (χ1) is 10.1. The van der Waals surface area contributed by atoms with Gasteiger partial charge in [-0.25, -0.2) is 4.68 Å². The fourth-order valence-electron chi connectivity index (χ4n) is 2.18. The minimum absolute atomic E-state index is 0. The van der Waals surface area contributed by atoms with Gasteiger partial charge in [0.15, 0.2) is 0 Å². The maximum Gasteiger partial charge on any atom is 0.295 e. The molecule has 0 spiro atoms. The Morgan fingerprint density at radius 3 is 2.50 bits per heavy atom. The normalized spacial score (nSPS) is 10.1. The van der Waals surface area contributed by atoms with Crippen molar-refractivity contribution < 1.29 is 4.79 Å². The average Bonchev–Trinajstić information content (AvgIpc) is 2.70. The van der Waals surface area contributed by atoms with Crippen molar-refractivity contribution in [2.75, 3.05) is 11.9 Å². The minimum Gasteiger partial charge on any atom is -0.330 e. The van der Waals surface area contributed by atoms with Crippen LogP contribution in [0.15, 0.2) is 35.1 Å². The second kappa shape index (κ2) is 7.82. The van der Waals surface area contributed by atoms with E-state index in [2.05, 4.69) is 5.32 Å². The molecule has 0 radical (unpaired) electrons. The number of hydrogen-bond donors (Lipinski definition) is 2. The maximum atomic E-state index is 12.5. The molecule has 0 saturated carbocycles. The van der Waals surface area contributed by atoms with Crippen LogP contribution < -0.4 is 16.6 Å². The molecule has 0 aliphatic carbocycles. The Hall–Kier alpha value is -2.05. The monoisotopic (exact) mass is 324 g/mol. The summed E-state index contributed by atoms with van der Waals surface area (Å²) < 4.78 is 3.27. The summed E-state index contributed by atoms with van der Waals surface area (Å²) in [4.78, 5) is 24.3. The number of amides is 1. The summed E-state index contributed by atoms with van der Waals surface area (Å²) in [6, 6.07) is 9.31. The van der Waals surface area contributed by atoms with E-state index in [9.17, 15) is 9.59 Å². The summed E-state index contributed by atoms with van der Waals surface area (Å²) in [5, 5.41) is 2.70. The van der Waals surface area contributed by atoms with Crippen LogP contribution >= 0.6 is 12.4 Å². The van der Waals surface area contributed by atoms with Crippen LogP contribution in [-0.4, -0.2) is 21.8 Å². The Morgan fingerprint density at radius 2 is 1.91 bits per heavy atom. The molecular formula is C15H21ClN4O2. The first-order valence-corrected chi connectivity index (χ1v) is 6.90. The van der Waals surface area contributed by atoms with Gasteiger partial charge in [-0.3, -0.25) is 14.3 Å². The number of carbonyl (C=O) groups is 1. The van der Waals surface area contributed by atoms with Gasteiger partial charge in [0.2, 0.25) is 5.91 Å². The summed E-state index contributed by atoms with van der Waals surface area (Å²) in [7, 11) is 1.79. The quantitative estimate of drug-likeness (QED) is 0.876. The number of aromatic nitrogens is 2. The molecule has 0 aliphatic heterocycles. The molecule has 0 aliphatic rings. The zero-order chi connectivity index (χ0) is 15.4. The average molecular weight is 325 g/mol. The lowest BCUT2D eigenvalue weighted by Crippen LogP contribution is -2.23. The van der Waals surface area contributed by atoms with Crippen LogP contribution in [0.3, 0.4) is 0 Å². The summed E-state index contributed by atoms with van der Waals surface area (Å²) in [5.41, 5.74) is 6.95. The van der Waals surface area contributed by atoms with Crippen LogP contribution in [0.2, 0.25) is 0 Å². The Labute approximate surface area is 135 Å². The predicted octanol–water partition coefficient (Wildman–Crippen LogP) is 1.58. The molecule has 0 fully saturated rings. The lowest BCUT2D eigenvalue weighted by Gasteiger charge is -2.07. The predicted molar refractivity (Wildman–Crippen MR) is 89.9 cm³/mol. The van der Waals surface area contributed by atoms with E-state index < -0.39 is 0 Å². The summed E-state index contributed by atoms with van der Waals surface area (Å²) in [5.74, 6) is -0.188. The van der Waals surface area contributed by atoms with E-state index in [0.717, 1.165) is 5.69 Å². The third kappa shape index (κ3) is 3.58. The van der Waals surface area contributed by atoms with Crippen LogP contribution in [0.1, 0.15) is 18.5 Å². The summed E-state index contributed by atoms with van der Waals surface area (Å²) in [6.07, 6.45) is 0.917. The largest absolute Gasteiger partial charge is 0.330 e. The number of halogens is 1. The molecule has 1 aromatic heterocycles. The van der Waals surface area contributed by atoms with Gasteiger partial charge in [-0.05, 0) is 32.0 Å². The van der Waals surface area contributed by atoms with E-state index in [1.807, 2.05) is 30.3 Å². The zero-order valence-electron chi connectivity index (χ0n) is 12.7. The number of anilines is 1. The lowest BCUT2D eigenvalue weighted by atomic mass is 10.3. The first-order valence-electron chi connectivity index (χ1n) is 6.90. The molecule has 1 heterocycles. The van der Waals surface area contributed by atoms with Gasteiger partial charge in [0.05, 0.1) is 11.4 Å². The number of nitrogens with zero attached hydrogens (tertiary/aromatic N) is 2. The highest BCUT2D eigenvalue weighted by atomic mass is 35.5. The fourth-order valence-corrected chi connectivity index (χ4v) is 2.18. The molecule has 0 atom stereocenters. The SMILES string of the molecule is Cc1c(NC(=O)CCCN)c(=O)n(-c2ccccc2)n1C.Cl. The highest BCUT2D eigenvalue weighted by molar-refractivity contribution is 5.91. The van der Waals surface area contributed by atoms with E-state index >= 15 is 0 Å². The van der Waals surface area contributed by atoms with Crippen molar-refractivity contribution in [2.45, 2.75) is 19.8 Å². The van der Waals surface area contributed by atoms with Gasteiger partial charge in [0, 0.05) is 13.5 Å². The number of nitrogens with one attached hydrogen (secondary N) is 1. The number of benzene rings is 1. The molecule has 22 heavy (non-hydrogen) atoms. The minimum atomic E-state index is -0.234. The Morgan fingerprint density at radius 1 is 1.27 bits per heavy atom. The van der Waals surface area contributed by atoms with Gasteiger partial charge in [-0.2, -0.15) is 0 Å². The molecular weight excluding hydrogens is 304 g/mol. The van der Waals surface area contributed by atoms with Gasteiger partial charge < -0.3 is 11.1 Å². The van der Waals surface area contributed by atoms with Crippen molar-refractivity contribution in [1.29, 1.82) is 0 Å². The Kier molecular flexibility index (Phi) is 6.39. The van der Waals surface area contributed by atoms with Crippen molar-refractivity contribution in [3.8, 4) is 5.69 Å². The number of nitrogens with two attached hydrogens (primary N) is 1. The molecule has 7 heteroatoms. The molecule has 2 aromatic rings. The topological polar surface area (TPSA) is 82.1 Å². The van der Waals surface area contributed by atoms with Crippen molar-refractivity contribution in [3.05, 3.63) is 46.4 Å². The van der Waals surface area contributed by atoms with E-state index in [0.29, 0.717) is 30.8 Å². The summed E-state index contributed by atoms with van der Waals surface area (Å²) >= 11 is 0. The molecule has 0 bridgehead atoms. The van der Waals surface area contributed by atoms with Crippen molar-refractivity contribution in [3.63, 3.8) is 0 Å². The molecule has 1 amide bonds. The van der Waals surface area contributed by atoms with Crippen LogP contribution in [0.4, 0.5) is 5.69 Å². The molecule has 2 rings (SSSR count). The smallest absolute Gasteiger partial charge is 0.295 e.